The Morgan fingerprint density at radius 3 is 1.97 bits per heavy atom. The van der Waals surface area contributed by atoms with Crippen LogP contribution in [0.4, 0.5) is 0 Å². The van der Waals surface area contributed by atoms with Crippen LogP contribution in [0.3, 0.4) is 0 Å². The summed E-state index contributed by atoms with van der Waals surface area (Å²) in [4.78, 5) is 30.5. The van der Waals surface area contributed by atoms with Gasteiger partial charge in [-0.05, 0) is 106 Å². The Hall–Kier alpha value is -1.68. The van der Waals surface area contributed by atoms with E-state index in [0.29, 0.717) is 5.91 Å². The van der Waals surface area contributed by atoms with Crippen molar-refractivity contribution in [3.8, 4) is 0 Å². The third kappa shape index (κ3) is 3.65. The Kier molecular flexibility index (Phi) is 5.28. The Bertz CT molecular complexity index is 875. The van der Waals surface area contributed by atoms with Crippen molar-refractivity contribution in [2.75, 3.05) is 26.2 Å². The first-order valence-corrected chi connectivity index (χ1v) is 12.4. The van der Waals surface area contributed by atoms with E-state index in [1.807, 2.05) is 6.92 Å². The second-order valence-corrected chi connectivity index (χ2v) is 11.3. The standard InChI is InChI=1S/C27H38N2O2/c1-17-9-18(2)25(20(4)30)19(3)24(17)16-28-5-7-29(8-6-28)26(31)27-13-21-10-22(14-27)12-23(11-21)15-27/h9,21-23H,5-8,10-16H2,1-4H3. The molecule has 4 aliphatic carbocycles. The fourth-order valence-electron chi connectivity index (χ4n) is 8.05. The highest BCUT2D eigenvalue weighted by atomic mass is 16.2. The molecular formula is C27H38N2O2. The van der Waals surface area contributed by atoms with Gasteiger partial charge in [-0.2, -0.15) is 0 Å². The molecule has 0 atom stereocenters. The van der Waals surface area contributed by atoms with Crippen molar-refractivity contribution in [2.24, 2.45) is 23.2 Å². The molecule has 1 heterocycles. The average molecular weight is 423 g/mol. The summed E-state index contributed by atoms with van der Waals surface area (Å²) in [6.07, 6.45) is 7.64. The molecule has 4 bridgehead atoms. The lowest BCUT2D eigenvalue weighted by atomic mass is 9.49. The van der Waals surface area contributed by atoms with E-state index in [4.69, 9.17) is 0 Å². The van der Waals surface area contributed by atoms with Gasteiger partial charge in [-0.3, -0.25) is 14.5 Å². The summed E-state index contributed by atoms with van der Waals surface area (Å²) >= 11 is 0. The molecule has 1 saturated heterocycles. The van der Waals surface area contributed by atoms with Crippen molar-refractivity contribution in [1.29, 1.82) is 0 Å². The van der Waals surface area contributed by atoms with Crippen LogP contribution in [0.1, 0.15) is 78.1 Å². The fraction of sp³-hybridized carbons (Fsp3) is 0.704. The third-order valence-corrected chi connectivity index (χ3v) is 9.02. The summed E-state index contributed by atoms with van der Waals surface area (Å²) in [6.45, 7) is 12.4. The van der Waals surface area contributed by atoms with Crippen molar-refractivity contribution in [1.82, 2.24) is 9.80 Å². The van der Waals surface area contributed by atoms with Gasteiger partial charge in [0, 0.05) is 38.3 Å². The predicted molar refractivity (Wildman–Crippen MR) is 123 cm³/mol. The SMILES string of the molecule is CC(=O)c1c(C)cc(C)c(CN2CCN(C(=O)C34CC5CC(CC(C5)C3)C4)CC2)c1C. The minimum atomic E-state index is -0.0164. The molecule has 0 aromatic heterocycles. The van der Waals surface area contributed by atoms with E-state index < -0.39 is 0 Å². The zero-order valence-electron chi connectivity index (χ0n) is 19.8. The second kappa shape index (κ2) is 7.72. The molecule has 1 aliphatic heterocycles. The van der Waals surface area contributed by atoms with Gasteiger partial charge >= 0.3 is 0 Å². The Balaban J connectivity index is 1.25. The molecule has 168 valence electrons. The van der Waals surface area contributed by atoms with Crippen molar-refractivity contribution < 1.29 is 9.59 Å². The number of nitrogens with zero attached hydrogens (tertiary/aromatic N) is 2. The Morgan fingerprint density at radius 2 is 1.45 bits per heavy atom. The molecule has 31 heavy (non-hydrogen) atoms. The van der Waals surface area contributed by atoms with Gasteiger partial charge in [0.15, 0.2) is 5.78 Å². The molecule has 1 aromatic rings. The molecule has 4 saturated carbocycles. The summed E-state index contributed by atoms with van der Waals surface area (Å²) in [5.74, 6) is 3.09. The van der Waals surface area contributed by atoms with E-state index >= 15 is 0 Å². The summed E-state index contributed by atoms with van der Waals surface area (Å²) in [5.41, 5.74) is 5.64. The number of aryl methyl sites for hydroxylation is 2. The van der Waals surface area contributed by atoms with E-state index in [9.17, 15) is 9.59 Å². The van der Waals surface area contributed by atoms with E-state index in [0.717, 1.165) is 86.4 Å². The van der Waals surface area contributed by atoms with Gasteiger partial charge in [-0.15, -0.1) is 0 Å². The number of ketones is 1. The number of benzene rings is 1. The van der Waals surface area contributed by atoms with Crippen molar-refractivity contribution in [2.45, 2.75) is 72.8 Å². The summed E-state index contributed by atoms with van der Waals surface area (Å²) < 4.78 is 0. The van der Waals surface area contributed by atoms with Crippen molar-refractivity contribution >= 4 is 11.7 Å². The number of Topliss-reactive ketones (excluding diaryl/α,β-unsaturated/α-hetero) is 1. The third-order valence-electron chi connectivity index (χ3n) is 9.02. The van der Waals surface area contributed by atoms with Gasteiger partial charge in [0.25, 0.3) is 0 Å². The highest BCUT2D eigenvalue weighted by Gasteiger charge is 2.55. The highest BCUT2D eigenvalue weighted by molar-refractivity contribution is 5.97. The van der Waals surface area contributed by atoms with Crippen molar-refractivity contribution in [3.05, 3.63) is 33.9 Å². The monoisotopic (exact) mass is 422 g/mol. The molecule has 4 heteroatoms. The molecule has 4 nitrogen and oxygen atoms in total. The minimum absolute atomic E-state index is 0.0164. The van der Waals surface area contributed by atoms with Crippen LogP contribution in [0.5, 0.6) is 0 Å². The van der Waals surface area contributed by atoms with Crippen LogP contribution in [-0.4, -0.2) is 47.7 Å². The van der Waals surface area contributed by atoms with Crippen LogP contribution in [0, 0.1) is 43.9 Å². The molecule has 6 rings (SSSR count). The largest absolute Gasteiger partial charge is 0.340 e. The molecule has 5 aliphatic rings. The van der Waals surface area contributed by atoms with Crippen LogP contribution in [0.15, 0.2) is 6.07 Å². The van der Waals surface area contributed by atoms with Gasteiger partial charge in [-0.1, -0.05) is 6.07 Å². The number of rotatable bonds is 4. The highest BCUT2D eigenvalue weighted by Crippen LogP contribution is 2.60. The van der Waals surface area contributed by atoms with Crippen LogP contribution in [0.2, 0.25) is 0 Å². The average Bonchev–Trinajstić information content (AvgIpc) is 2.69. The lowest BCUT2D eigenvalue weighted by Crippen LogP contribution is -2.58. The lowest BCUT2D eigenvalue weighted by Gasteiger charge is -2.57. The van der Waals surface area contributed by atoms with Crippen LogP contribution >= 0.6 is 0 Å². The zero-order valence-corrected chi connectivity index (χ0v) is 19.8. The first kappa shape index (κ1) is 21.2. The van der Waals surface area contributed by atoms with E-state index in [1.54, 1.807) is 6.92 Å². The first-order valence-electron chi connectivity index (χ1n) is 12.4. The number of carbonyl (C=O) groups is 2. The zero-order chi connectivity index (χ0) is 21.9. The normalized spacial score (nSPS) is 32.5. The molecule has 1 aromatic carbocycles. The van der Waals surface area contributed by atoms with E-state index in [1.165, 1.54) is 30.4 Å². The quantitative estimate of drug-likeness (QED) is 0.662. The Labute approximate surface area is 187 Å². The molecular weight excluding hydrogens is 384 g/mol. The maximum atomic E-state index is 13.7. The maximum absolute atomic E-state index is 13.7. The van der Waals surface area contributed by atoms with E-state index in [2.05, 4.69) is 29.7 Å². The molecule has 0 spiro atoms. The second-order valence-electron chi connectivity index (χ2n) is 11.3. The lowest BCUT2D eigenvalue weighted by molar-refractivity contribution is -0.159. The van der Waals surface area contributed by atoms with Gasteiger partial charge in [-0.25, -0.2) is 0 Å². The van der Waals surface area contributed by atoms with Gasteiger partial charge in [0.2, 0.25) is 5.91 Å². The van der Waals surface area contributed by atoms with Gasteiger partial charge < -0.3 is 4.90 Å². The fourth-order valence-corrected chi connectivity index (χ4v) is 8.05. The number of carbonyl (C=O) groups excluding carboxylic acids is 2. The summed E-state index contributed by atoms with van der Waals surface area (Å²) in [5, 5.41) is 0. The maximum Gasteiger partial charge on any atom is 0.228 e. The van der Waals surface area contributed by atoms with E-state index in [-0.39, 0.29) is 11.2 Å². The molecule has 1 amide bonds. The smallest absolute Gasteiger partial charge is 0.228 e. The van der Waals surface area contributed by atoms with Gasteiger partial charge in [0.05, 0.1) is 5.41 Å². The van der Waals surface area contributed by atoms with Gasteiger partial charge in [0.1, 0.15) is 0 Å². The predicted octanol–water partition coefficient (Wildman–Crippen LogP) is 4.68. The minimum Gasteiger partial charge on any atom is -0.340 e. The molecule has 0 unspecified atom stereocenters. The molecule has 0 radical (unpaired) electrons. The van der Waals surface area contributed by atoms with Crippen molar-refractivity contribution in [3.63, 3.8) is 0 Å². The topological polar surface area (TPSA) is 40.6 Å². The van der Waals surface area contributed by atoms with Crippen LogP contribution in [-0.2, 0) is 11.3 Å². The number of amides is 1. The first-order chi connectivity index (χ1) is 14.8. The molecule has 5 fully saturated rings. The van der Waals surface area contributed by atoms with Crippen LogP contribution in [0.25, 0.3) is 0 Å². The number of piperazine rings is 1. The summed E-state index contributed by atoms with van der Waals surface area (Å²) in [6, 6.07) is 2.16. The van der Waals surface area contributed by atoms with Crippen LogP contribution < -0.4 is 0 Å². The summed E-state index contributed by atoms with van der Waals surface area (Å²) in [7, 11) is 0. The number of hydrogen-bond acceptors (Lipinski definition) is 3. The molecule has 0 N–H and O–H groups in total. The Morgan fingerprint density at radius 1 is 0.903 bits per heavy atom. The number of hydrogen-bond donors (Lipinski definition) is 0.